The Morgan fingerprint density at radius 1 is 1.00 bits per heavy atom. The van der Waals surface area contributed by atoms with E-state index in [1.807, 2.05) is 6.08 Å². The van der Waals surface area contributed by atoms with Crippen LogP contribution in [0.5, 0.6) is 0 Å². The molecule has 115 valence electrons. The minimum atomic E-state index is -0.973. The quantitative estimate of drug-likeness (QED) is 0.492. The Labute approximate surface area is 139 Å². The fourth-order valence-electron chi connectivity index (χ4n) is 3.10. The molecular weight excluding hydrogens is 296 g/mol. The molecule has 0 spiro atoms. The Morgan fingerprint density at radius 3 is 2.17 bits per heavy atom. The number of aliphatic hydroxyl groups excluding tert-OH is 1. The molecule has 3 rings (SSSR count). The topological polar surface area (TPSA) is 20.2 Å². The molecule has 0 unspecified atom stereocenters. The molecule has 2 aromatic rings. The molecule has 0 fully saturated rings. The third kappa shape index (κ3) is 3.14. The van der Waals surface area contributed by atoms with Gasteiger partial charge in [0.1, 0.15) is 0 Å². The maximum absolute atomic E-state index is 8.95. The number of rotatable bonds is 6. The fourth-order valence-corrected chi connectivity index (χ4v) is 6.08. The van der Waals surface area contributed by atoms with Gasteiger partial charge in [-0.2, -0.15) is 0 Å². The first-order valence-corrected chi connectivity index (χ1v) is 9.53. The molecule has 0 amide bonds. The molecule has 1 nitrogen and oxygen atoms in total. The maximum atomic E-state index is 8.95. The molecule has 2 heteroatoms. The molecule has 1 radical (unpaired) electrons. The van der Waals surface area contributed by atoms with Gasteiger partial charge in [-0.25, -0.2) is 0 Å². The first kappa shape index (κ1) is 15.7. The summed E-state index contributed by atoms with van der Waals surface area (Å²) in [7, 11) is -0.973. The summed E-state index contributed by atoms with van der Waals surface area (Å²) in [6.07, 6.45) is 10.1. The average molecular weight is 317 g/mol. The molecular formula is C21H21OSi. The van der Waals surface area contributed by atoms with Crippen molar-refractivity contribution in [3.8, 4) is 11.1 Å². The number of allylic oxidation sites excluding steroid dienone is 5. The molecule has 1 N–H and O–H groups in total. The van der Waals surface area contributed by atoms with Gasteiger partial charge in [0.25, 0.3) is 0 Å². The largest absolute Gasteiger partial charge is 0.396 e. The minimum absolute atomic E-state index is 0.244. The van der Waals surface area contributed by atoms with E-state index >= 15 is 0 Å². The summed E-state index contributed by atoms with van der Waals surface area (Å²) in [6.45, 7) is 4.14. The minimum Gasteiger partial charge on any atom is -0.396 e. The van der Waals surface area contributed by atoms with Crippen LogP contribution in [0.2, 0.25) is 0 Å². The van der Waals surface area contributed by atoms with E-state index in [1.54, 1.807) is 0 Å². The highest BCUT2D eigenvalue weighted by molar-refractivity contribution is 6.95. The SMILES string of the molecule is C=C/C=C(\C=C/CCCO)[Si]1c2ccccc2-c2ccccc21. The predicted octanol–water partition coefficient (Wildman–Crippen LogP) is 3.26. The molecule has 0 aromatic heterocycles. The lowest BCUT2D eigenvalue weighted by Crippen LogP contribution is -2.39. The van der Waals surface area contributed by atoms with Crippen LogP contribution >= 0.6 is 0 Å². The van der Waals surface area contributed by atoms with Gasteiger partial charge >= 0.3 is 0 Å². The van der Waals surface area contributed by atoms with Crippen LogP contribution in [-0.2, 0) is 0 Å². The molecule has 0 saturated carbocycles. The van der Waals surface area contributed by atoms with E-state index < -0.39 is 8.80 Å². The smallest absolute Gasteiger partial charge is 0.156 e. The normalized spacial score (nSPS) is 14.0. The molecule has 1 heterocycles. The van der Waals surface area contributed by atoms with Gasteiger partial charge < -0.3 is 5.11 Å². The zero-order valence-electron chi connectivity index (χ0n) is 13.2. The number of hydrogen-bond acceptors (Lipinski definition) is 1. The first-order valence-electron chi connectivity index (χ1n) is 8.03. The maximum Gasteiger partial charge on any atom is 0.156 e. The number of benzene rings is 2. The molecule has 0 atom stereocenters. The van der Waals surface area contributed by atoms with Crippen LogP contribution in [0.4, 0.5) is 0 Å². The molecule has 0 aliphatic carbocycles. The van der Waals surface area contributed by atoms with Gasteiger partial charge in [0.15, 0.2) is 8.80 Å². The van der Waals surface area contributed by atoms with E-state index in [2.05, 4.69) is 73.3 Å². The van der Waals surface area contributed by atoms with Crippen molar-refractivity contribution in [2.24, 2.45) is 0 Å². The Kier molecular flexibility index (Phi) is 5.06. The van der Waals surface area contributed by atoms with Gasteiger partial charge in [0, 0.05) is 6.61 Å². The Balaban J connectivity index is 2.04. The second-order valence-corrected chi connectivity index (χ2v) is 8.00. The van der Waals surface area contributed by atoms with Crippen molar-refractivity contribution in [3.05, 3.63) is 84.6 Å². The van der Waals surface area contributed by atoms with E-state index in [1.165, 1.54) is 26.7 Å². The lowest BCUT2D eigenvalue weighted by atomic mass is 10.1. The highest BCUT2D eigenvalue weighted by atomic mass is 28.3. The Bertz CT molecular complexity index is 712. The zero-order valence-corrected chi connectivity index (χ0v) is 14.2. The van der Waals surface area contributed by atoms with E-state index in [4.69, 9.17) is 5.11 Å². The Morgan fingerprint density at radius 2 is 1.61 bits per heavy atom. The van der Waals surface area contributed by atoms with E-state index in [-0.39, 0.29) is 6.61 Å². The van der Waals surface area contributed by atoms with E-state index in [0.29, 0.717) is 0 Å². The van der Waals surface area contributed by atoms with Gasteiger partial charge in [-0.05, 0) is 34.3 Å². The van der Waals surface area contributed by atoms with Gasteiger partial charge in [0.05, 0.1) is 0 Å². The summed E-state index contributed by atoms with van der Waals surface area (Å²) < 4.78 is 0. The number of hydrogen-bond donors (Lipinski definition) is 1. The van der Waals surface area contributed by atoms with Crippen LogP contribution in [0, 0.1) is 0 Å². The van der Waals surface area contributed by atoms with Crippen LogP contribution in [0.25, 0.3) is 11.1 Å². The highest BCUT2D eigenvalue weighted by Crippen LogP contribution is 2.25. The summed E-state index contributed by atoms with van der Waals surface area (Å²) in [4.78, 5) is 0. The van der Waals surface area contributed by atoms with Gasteiger partial charge in [0.2, 0.25) is 0 Å². The number of aliphatic hydroxyl groups is 1. The van der Waals surface area contributed by atoms with E-state index in [0.717, 1.165) is 12.8 Å². The van der Waals surface area contributed by atoms with Crippen molar-refractivity contribution in [1.82, 2.24) is 0 Å². The van der Waals surface area contributed by atoms with Crippen molar-refractivity contribution in [2.75, 3.05) is 6.61 Å². The third-order valence-electron chi connectivity index (χ3n) is 4.10. The Hall–Kier alpha value is -2.16. The van der Waals surface area contributed by atoms with Crippen molar-refractivity contribution >= 4 is 19.2 Å². The molecule has 0 saturated heterocycles. The summed E-state index contributed by atoms with van der Waals surface area (Å²) in [5.41, 5.74) is 2.74. The summed E-state index contributed by atoms with van der Waals surface area (Å²) >= 11 is 0. The fraction of sp³-hybridized carbons (Fsp3) is 0.143. The standard InChI is InChI=1S/C21H21OSi/c1-2-10-17(11-4-3-9-16-22)23-20-14-7-5-12-18(20)19-13-6-8-15-21(19)23/h2,4-8,10-15,22H,1,3,9,16H2/b11-4-,17-10+. The van der Waals surface area contributed by atoms with E-state index in [9.17, 15) is 0 Å². The molecule has 1 aliphatic heterocycles. The first-order chi connectivity index (χ1) is 11.4. The van der Waals surface area contributed by atoms with Crippen LogP contribution in [-0.4, -0.2) is 20.5 Å². The number of fused-ring (bicyclic) bond motifs is 3. The van der Waals surface area contributed by atoms with Crippen molar-refractivity contribution in [2.45, 2.75) is 12.8 Å². The second-order valence-electron chi connectivity index (χ2n) is 5.59. The molecule has 2 aromatic carbocycles. The predicted molar refractivity (Wildman–Crippen MR) is 101 cm³/mol. The van der Waals surface area contributed by atoms with Crippen LogP contribution < -0.4 is 10.4 Å². The van der Waals surface area contributed by atoms with Gasteiger partial charge in [-0.1, -0.05) is 84.6 Å². The van der Waals surface area contributed by atoms with Crippen molar-refractivity contribution < 1.29 is 5.11 Å². The summed E-state index contributed by atoms with van der Waals surface area (Å²) in [6, 6.07) is 17.5. The van der Waals surface area contributed by atoms with Crippen LogP contribution in [0.15, 0.2) is 84.6 Å². The van der Waals surface area contributed by atoms with Gasteiger partial charge in [-0.3, -0.25) is 0 Å². The number of unbranched alkanes of at least 4 members (excludes halogenated alkanes) is 1. The summed E-state index contributed by atoms with van der Waals surface area (Å²) in [5.74, 6) is 0. The monoisotopic (exact) mass is 317 g/mol. The average Bonchev–Trinajstić information content (AvgIpc) is 2.92. The second kappa shape index (κ2) is 7.40. The van der Waals surface area contributed by atoms with Crippen LogP contribution in [0.3, 0.4) is 0 Å². The van der Waals surface area contributed by atoms with Crippen molar-refractivity contribution in [3.63, 3.8) is 0 Å². The molecule has 0 bridgehead atoms. The lowest BCUT2D eigenvalue weighted by molar-refractivity contribution is 0.289. The highest BCUT2D eigenvalue weighted by Gasteiger charge is 2.31. The molecule has 1 aliphatic rings. The third-order valence-corrected chi connectivity index (χ3v) is 6.96. The van der Waals surface area contributed by atoms with Gasteiger partial charge in [-0.15, -0.1) is 0 Å². The summed E-state index contributed by atoms with van der Waals surface area (Å²) in [5, 5.41) is 13.2. The molecule has 23 heavy (non-hydrogen) atoms. The lowest BCUT2D eigenvalue weighted by Gasteiger charge is -2.12. The zero-order chi connectivity index (χ0) is 16.1. The van der Waals surface area contributed by atoms with Crippen LogP contribution in [0.1, 0.15) is 12.8 Å². The van der Waals surface area contributed by atoms with Crippen molar-refractivity contribution in [1.29, 1.82) is 0 Å².